The second kappa shape index (κ2) is 7.23. The van der Waals surface area contributed by atoms with Gasteiger partial charge in [-0.3, -0.25) is 9.59 Å². The molecule has 2 fully saturated rings. The molecule has 1 aromatic rings. The van der Waals surface area contributed by atoms with Crippen molar-refractivity contribution in [2.24, 2.45) is 5.73 Å². The van der Waals surface area contributed by atoms with Gasteiger partial charge in [-0.05, 0) is 37.1 Å². The van der Waals surface area contributed by atoms with Crippen LogP contribution >= 0.6 is 15.9 Å². The van der Waals surface area contributed by atoms with Crippen LogP contribution in [0.3, 0.4) is 0 Å². The van der Waals surface area contributed by atoms with E-state index >= 15 is 0 Å². The van der Waals surface area contributed by atoms with Crippen molar-refractivity contribution in [3.63, 3.8) is 0 Å². The lowest BCUT2D eigenvalue weighted by molar-refractivity contribution is -0.139. The number of nitrogens with zero attached hydrogens (tertiary/aromatic N) is 2. The highest BCUT2D eigenvalue weighted by Crippen LogP contribution is 2.28. The molecular formula is C18H24BrN3O2. The molecule has 24 heavy (non-hydrogen) atoms. The summed E-state index contributed by atoms with van der Waals surface area (Å²) in [5.74, 6) is 0.0904. The van der Waals surface area contributed by atoms with Crippen molar-refractivity contribution in [2.45, 2.75) is 37.6 Å². The van der Waals surface area contributed by atoms with Crippen LogP contribution < -0.4 is 5.73 Å². The molecule has 0 radical (unpaired) electrons. The summed E-state index contributed by atoms with van der Waals surface area (Å²) in [6, 6.07) is 7.38. The molecule has 0 unspecified atom stereocenters. The van der Waals surface area contributed by atoms with E-state index in [1.54, 1.807) is 0 Å². The maximum Gasteiger partial charge on any atom is 0.253 e. The summed E-state index contributed by atoms with van der Waals surface area (Å²) in [5.41, 5.74) is 6.35. The van der Waals surface area contributed by atoms with Crippen molar-refractivity contribution in [2.75, 3.05) is 26.2 Å². The lowest BCUT2D eigenvalue weighted by Gasteiger charge is -2.41. The van der Waals surface area contributed by atoms with Crippen molar-refractivity contribution in [1.29, 1.82) is 0 Å². The predicted octanol–water partition coefficient (Wildman–Crippen LogP) is 2.40. The molecule has 130 valence electrons. The van der Waals surface area contributed by atoms with Gasteiger partial charge < -0.3 is 15.5 Å². The molecule has 2 aliphatic rings. The first-order valence-corrected chi connectivity index (χ1v) is 9.42. The van der Waals surface area contributed by atoms with E-state index in [1.165, 1.54) is 6.42 Å². The fourth-order valence-corrected chi connectivity index (χ4v) is 3.86. The van der Waals surface area contributed by atoms with E-state index < -0.39 is 5.54 Å². The molecule has 2 amide bonds. The fraction of sp³-hybridized carbons (Fsp3) is 0.556. The summed E-state index contributed by atoms with van der Waals surface area (Å²) in [5, 5.41) is 0. The monoisotopic (exact) mass is 393 g/mol. The zero-order chi connectivity index (χ0) is 17.2. The largest absolute Gasteiger partial charge is 0.338 e. The molecule has 5 nitrogen and oxygen atoms in total. The Balaban J connectivity index is 1.58. The number of benzene rings is 1. The first-order chi connectivity index (χ1) is 11.5. The van der Waals surface area contributed by atoms with Crippen LogP contribution in [0.1, 0.15) is 42.5 Å². The molecule has 6 heteroatoms. The normalized spacial score (nSPS) is 20.8. The van der Waals surface area contributed by atoms with E-state index in [4.69, 9.17) is 5.73 Å². The number of rotatable bonds is 2. The number of piperazine rings is 1. The number of nitrogens with two attached hydrogens (primary N) is 1. The van der Waals surface area contributed by atoms with Crippen LogP contribution in [-0.4, -0.2) is 53.3 Å². The summed E-state index contributed by atoms with van der Waals surface area (Å²) >= 11 is 3.38. The van der Waals surface area contributed by atoms with Crippen LogP contribution in [0.25, 0.3) is 0 Å². The van der Waals surface area contributed by atoms with E-state index in [1.807, 2.05) is 34.1 Å². The molecule has 0 aromatic heterocycles. The van der Waals surface area contributed by atoms with Gasteiger partial charge in [0.15, 0.2) is 0 Å². The second-order valence-corrected chi connectivity index (χ2v) is 7.72. The van der Waals surface area contributed by atoms with Crippen LogP contribution in [0.2, 0.25) is 0 Å². The molecule has 0 atom stereocenters. The minimum absolute atomic E-state index is 0.0229. The third-order valence-electron chi connectivity index (χ3n) is 5.12. The summed E-state index contributed by atoms with van der Waals surface area (Å²) < 4.78 is 0.954. The number of hydrogen-bond donors (Lipinski definition) is 1. The highest BCUT2D eigenvalue weighted by atomic mass is 79.9. The predicted molar refractivity (Wildman–Crippen MR) is 96.6 cm³/mol. The Hall–Kier alpha value is -1.40. The first kappa shape index (κ1) is 17.4. The van der Waals surface area contributed by atoms with Crippen LogP contribution in [0, 0.1) is 0 Å². The van der Waals surface area contributed by atoms with Gasteiger partial charge in [0.25, 0.3) is 5.91 Å². The van der Waals surface area contributed by atoms with Gasteiger partial charge in [-0.1, -0.05) is 35.2 Å². The molecule has 1 aliphatic heterocycles. The van der Waals surface area contributed by atoms with Crippen molar-refractivity contribution in [3.05, 3.63) is 34.3 Å². The minimum atomic E-state index is -0.684. The zero-order valence-electron chi connectivity index (χ0n) is 13.8. The van der Waals surface area contributed by atoms with Crippen LogP contribution in [0.15, 0.2) is 28.7 Å². The second-order valence-electron chi connectivity index (χ2n) is 6.81. The Morgan fingerprint density at radius 2 is 1.46 bits per heavy atom. The standard InChI is InChI=1S/C18H24BrN3O2/c19-15-6-4-14(5-7-15)16(23)21-10-12-22(13-11-21)17(24)18(20)8-2-1-3-9-18/h4-7H,1-3,8-13,20H2. The Morgan fingerprint density at radius 1 is 0.917 bits per heavy atom. The van der Waals surface area contributed by atoms with E-state index in [-0.39, 0.29) is 11.8 Å². The van der Waals surface area contributed by atoms with Gasteiger partial charge in [-0.15, -0.1) is 0 Å². The molecule has 1 heterocycles. The molecule has 1 saturated heterocycles. The fourth-order valence-electron chi connectivity index (χ4n) is 3.60. The molecule has 1 aliphatic carbocycles. The van der Waals surface area contributed by atoms with E-state index in [2.05, 4.69) is 15.9 Å². The van der Waals surface area contributed by atoms with E-state index in [9.17, 15) is 9.59 Å². The highest BCUT2D eigenvalue weighted by molar-refractivity contribution is 9.10. The maximum atomic E-state index is 12.8. The maximum absolute atomic E-state index is 12.8. The number of hydrogen-bond acceptors (Lipinski definition) is 3. The number of amides is 2. The van der Waals surface area contributed by atoms with Crippen molar-refractivity contribution < 1.29 is 9.59 Å². The van der Waals surface area contributed by atoms with E-state index in [0.29, 0.717) is 31.7 Å². The lowest BCUT2D eigenvalue weighted by Crippen LogP contribution is -2.60. The Labute approximate surface area is 151 Å². The van der Waals surface area contributed by atoms with Gasteiger partial charge in [0.1, 0.15) is 0 Å². The summed E-state index contributed by atoms with van der Waals surface area (Å²) in [4.78, 5) is 28.9. The summed E-state index contributed by atoms with van der Waals surface area (Å²) in [6.07, 6.45) is 4.80. The van der Waals surface area contributed by atoms with Gasteiger partial charge in [0, 0.05) is 36.2 Å². The highest BCUT2D eigenvalue weighted by Gasteiger charge is 2.39. The van der Waals surface area contributed by atoms with Gasteiger partial charge in [-0.2, -0.15) is 0 Å². The molecule has 1 aromatic carbocycles. The molecule has 0 spiro atoms. The average Bonchev–Trinajstić information content (AvgIpc) is 2.62. The van der Waals surface area contributed by atoms with Gasteiger partial charge in [0.2, 0.25) is 5.91 Å². The average molecular weight is 394 g/mol. The quantitative estimate of drug-likeness (QED) is 0.838. The number of halogens is 1. The van der Waals surface area contributed by atoms with Crippen LogP contribution in [0.4, 0.5) is 0 Å². The SMILES string of the molecule is NC1(C(=O)N2CCN(C(=O)c3ccc(Br)cc3)CC2)CCCCC1. The third kappa shape index (κ3) is 3.64. The topological polar surface area (TPSA) is 66.6 Å². The smallest absolute Gasteiger partial charge is 0.253 e. The molecular weight excluding hydrogens is 370 g/mol. The summed E-state index contributed by atoms with van der Waals surface area (Å²) in [7, 11) is 0. The van der Waals surface area contributed by atoms with Gasteiger partial charge >= 0.3 is 0 Å². The molecule has 1 saturated carbocycles. The number of carbonyl (C=O) groups is 2. The first-order valence-electron chi connectivity index (χ1n) is 8.63. The minimum Gasteiger partial charge on any atom is -0.338 e. The van der Waals surface area contributed by atoms with Crippen LogP contribution in [0.5, 0.6) is 0 Å². The van der Waals surface area contributed by atoms with Gasteiger partial charge in [-0.25, -0.2) is 0 Å². The molecule has 0 bridgehead atoms. The van der Waals surface area contributed by atoms with Crippen molar-refractivity contribution in [1.82, 2.24) is 9.80 Å². The van der Waals surface area contributed by atoms with Crippen molar-refractivity contribution in [3.8, 4) is 0 Å². The zero-order valence-corrected chi connectivity index (χ0v) is 15.4. The Morgan fingerprint density at radius 3 is 2.04 bits per heavy atom. The van der Waals surface area contributed by atoms with Crippen molar-refractivity contribution >= 4 is 27.7 Å². The van der Waals surface area contributed by atoms with E-state index in [0.717, 1.165) is 30.2 Å². The lowest BCUT2D eigenvalue weighted by atomic mass is 9.81. The molecule has 2 N–H and O–H groups in total. The van der Waals surface area contributed by atoms with Crippen LogP contribution in [-0.2, 0) is 4.79 Å². The van der Waals surface area contributed by atoms with Gasteiger partial charge in [0.05, 0.1) is 5.54 Å². The summed E-state index contributed by atoms with van der Waals surface area (Å²) in [6.45, 7) is 2.27. The Bertz CT molecular complexity index is 603. The molecule has 3 rings (SSSR count). The number of carbonyl (C=O) groups excluding carboxylic acids is 2. The Kier molecular flexibility index (Phi) is 5.25. The third-order valence-corrected chi connectivity index (χ3v) is 5.65.